The number of sulfonamides is 1. The zero-order chi connectivity index (χ0) is 19.2. The summed E-state index contributed by atoms with van der Waals surface area (Å²) in [6.07, 6.45) is -9.38. The Morgan fingerprint density at radius 3 is 2.12 bits per heavy atom. The Morgan fingerprint density at radius 2 is 1.76 bits per heavy atom. The molecule has 1 N–H and O–H groups in total. The van der Waals surface area contributed by atoms with Crippen LogP contribution >= 0.6 is 0 Å². The van der Waals surface area contributed by atoms with Gasteiger partial charge in [-0.25, -0.2) is 8.42 Å². The number of aromatic nitrogens is 1. The van der Waals surface area contributed by atoms with Gasteiger partial charge in [0.15, 0.2) is 0 Å². The third kappa shape index (κ3) is 3.86. The molecule has 1 aliphatic heterocycles. The van der Waals surface area contributed by atoms with Crippen molar-refractivity contribution in [2.45, 2.75) is 17.2 Å². The second kappa shape index (κ2) is 6.12. The van der Waals surface area contributed by atoms with Gasteiger partial charge in [-0.05, 0) is 12.1 Å². The molecule has 0 aromatic carbocycles. The summed E-state index contributed by atoms with van der Waals surface area (Å²) in [4.78, 5) is 13.1. The molecule has 25 heavy (non-hydrogen) atoms. The summed E-state index contributed by atoms with van der Waals surface area (Å²) in [7, 11) is -4.62. The topological polar surface area (TPSA) is 87.6 Å². The second-order valence-electron chi connectivity index (χ2n) is 5.29. The quantitative estimate of drug-likeness (QED) is 0.795. The summed E-state index contributed by atoms with van der Waals surface area (Å²) in [6.45, 7) is -2.08. The molecule has 1 saturated heterocycles. The van der Waals surface area contributed by atoms with Gasteiger partial charge in [0, 0.05) is 19.3 Å². The average Bonchev–Trinajstić information content (AvgIpc) is 2.92. The third-order valence-corrected chi connectivity index (χ3v) is 5.50. The Labute approximate surface area is 137 Å². The van der Waals surface area contributed by atoms with Crippen LogP contribution in [0.3, 0.4) is 0 Å². The Bertz CT molecular complexity index is 759. The number of alkyl halides is 6. The first-order valence-corrected chi connectivity index (χ1v) is 8.01. The van der Waals surface area contributed by atoms with Gasteiger partial charge in [-0.2, -0.15) is 30.6 Å². The molecule has 1 fully saturated rings. The van der Waals surface area contributed by atoms with Gasteiger partial charge in [-0.15, -0.1) is 0 Å². The van der Waals surface area contributed by atoms with Crippen LogP contribution in [0.5, 0.6) is 0 Å². The number of halogens is 6. The van der Waals surface area contributed by atoms with Crippen molar-refractivity contribution in [1.82, 2.24) is 9.29 Å². The number of rotatable bonds is 3. The van der Waals surface area contributed by atoms with Gasteiger partial charge in [-0.3, -0.25) is 9.78 Å². The smallest absolute Gasteiger partial charge is 0.433 e. The first-order chi connectivity index (χ1) is 11.2. The molecular weight excluding hydrogens is 382 g/mol. The van der Waals surface area contributed by atoms with E-state index < -0.39 is 63.9 Å². The van der Waals surface area contributed by atoms with Crippen LogP contribution in [0.4, 0.5) is 26.3 Å². The fraction of sp³-hybridized carbons (Fsp3) is 0.500. The van der Waals surface area contributed by atoms with Gasteiger partial charge in [0.25, 0.3) is 0 Å². The molecule has 2 heterocycles. The van der Waals surface area contributed by atoms with E-state index in [-0.39, 0.29) is 4.31 Å². The van der Waals surface area contributed by atoms with E-state index >= 15 is 0 Å². The molecule has 2 rings (SSSR count). The summed E-state index contributed by atoms with van der Waals surface area (Å²) in [5.41, 5.74) is -1.37. The normalized spacial score (nSPS) is 23.0. The average molecular weight is 392 g/mol. The fourth-order valence-electron chi connectivity index (χ4n) is 2.40. The number of carboxylic acids is 1. The zero-order valence-corrected chi connectivity index (χ0v) is 12.9. The second-order valence-corrected chi connectivity index (χ2v) is 7.23. The third-order valence-electron chi connectivity index (χ3n) is 3.69. The van der Waals surface area contributed by atoms with Crippen molar-refractivity contribution < 1.29 is 44.7 Å². The maximum Gasteiger partial charge on any atom is 0.433 e. The lowest BCUT2D eigenvalue weighted by molar-refractivity contribution is -0.187. The standard InChI is InChI=1S/C12H10F6N2O4S/c13-11(14,15)8-5-20(4-7(8)10(21)22)25(23,24)6-1-2-9(19-3-6)12(16,17)18/h1-3,7-8H,4-5H2,(H,21,22)/t7-,8-/m1/s1. The van der Waals surface area contributed by atoms with Crippen molar-refractivity contribution >= 4 is 16.0 Å². The molecule has 0 spiro atoms. The Morgan fingerprint density at radius 1 is 1.16 bits per heavy atom. The van der Waals surface area contributed by atoms with Crippen molar-refractivity contribution in [2.75, 3.05) is 13.1 Å². The van der Waals surface area contributed by atoms with E-state index in [9.17, 15) is 39.6 Å². The molecule has 6 nitrogen and oxygen atoms in total. The first kappa shape index (κ1) is 19.4. The van der Waals surface area contributed by atoms with Crippen LogP contribution in [0.1, 0.15) is 5.69 Å². The van der Waals surface area contributed by atoms with Crippen molar-refractivity contribution in [3.05, 3.63) is 24.0 Å². The number of hydrogen-bond acceptors (Lipinski definition) is 4. The minimum atomic E-state index is -4.94. The predicted octanol–water partition coefficient (Wildman–Crippen LogP) is 1.98. The number of pyridine rings is 1. The lowest BCUT2D eigenvalue weighted by Crippen LogP contribution is -2.34. The van der Waals surface area contributed by atoms with Crippen LogP contribution in [-0.4, -0.2) is 48.0 Å². The molecule has 0 bridgehead atoms. The molecule has 140 valence electrons. The van der Waals surface area contributed by atoms with Crippen LogP contribution in [0.15, 0.2) is 23.2 Å². The van der Waals surface area contributed by atoms with Gasteiger partial charge >= 0.3 is 18.3 Å². The fourth-order valence-corrected chi connectivity index (χ4v) is 3.83. The number of carbonyl (C=O) groups is 1. The van der Waals surface area contributed by atoms with E-state index in [2.05, 4.69) is 4.98 Å². The molecule has 0 amide bonds. The van der Waals surface area contributed by atoms with Gasteiger partial charge in [0.2, 0.25) is 10.0 Å². The largest absolute Gasteiger partial charge is 0.481 e. The van der Waals surface area contributed by atoms with Gasteiger partial charge in [0.1, 0.15) is 10.6 Å². The van der Waals surface area contributed by atoms with Crippen molar-refractivity contribution in [1.29, 1.82) is 0 Å². The first-order valence-electron chi connectivity index (χ1n) is 6.57. The van der Waals surface area contributed by atoms with E-state index in [1.54, 1.807) is 0 Å². The molecule has 1 aromatic heterocycles. The van der Waals surface area contributed by atoms with Crippen LogP contribution in [0.2, 0.25) is 0 Å². The number of hydrogen-bond donors (Lipinski definition) is 1. The molecule has 0 saturated carbocycles. The molecule has 1 aromatic rings. The van der Waals surface area contributed by atoms with Gasteiger partial charge < -0.3 is 5.11 Å². The van der Waals surface area contributed by atoms with Crippen LogP contribution in [-0.2, 0) is 21.0 Å². The highest BCUT2D eigenvalue weighted by molar-refractivity contribution is 7.89. The summed E-state index contributed by atoms with van der Waals surface area (Å²) in [6, 6.07) is 0.931. The highest BCUT2D eigenvalue weighted by atomic mass is 32.2. The lowest BCUT2D eigenvalue weighted by Gasteiger charge is -2.18. The Kier molecular flexibility index (Phi) is 4.76. The summed E-state index contributed by atoms with van der Waals surface area (Å²) in [5.74, 6) is -6.23. The van der Waals surface area contributed by atoms with Crippen LogP contribution in [0.25, 0.3) is 0 Å². The van der Waals surface area contributed by atoms with E-state index in [0.717, 1.165) is 0 Å². The van der Waals surface area contributed by atoms with E-state index in [1.165, 1.54) is 0 Å². The van der Waals surface area contributed by atoms with Crippen molar-refractivity contribution in [2.24, 2.45) is 11.8 Å². The molecular formula is C12H10F6N2O4S. The molecule has 2 atom stereocenters. The maximum absolute atomic E-state index is 12.9. The molecule has 13 heteroatoms. The van der Waals surface area contributed by atoms with Gasteiger partial charge in [0.05, 0.1) is 11.8 Å². The van der Waals surface area contributed by atoms with Crippen molar-refractivity contribution in [3.8, 4) is 0 Å². The summed E-state index contributed by atoms with van der Waals surface area (Å²) < 4.78 is 101. The minimum absolute atomic E-state index is 0.286. The highest BCUT2D eigenvalue weighted by Crippen LogP contribution is 2.39. The maximum atomic E-state index is 12.9. The SMILES string of the molecule is O=C(O)[C@@H]1CN(S(=O)(=O)c2ccc(C(F)(F)F)nc2)C[C@H]1C(F)(F)F. The summed E-state index contributed by atoms with van der Waals surface area (Å²) >= 11 is 0. The summed E-state index contributed by atoms with van der Waals surface area (Å²) in [5, 5.41) is 8.87. The Hall–Kier alpha value is -1.89. The van der Waals surface area contributed by atoms with E-state index in [4.69, 9.17) is 5.11 Å². The minimum Gasteiger partial charge on any atom is -0.481 e. The van der Waals surface area contributed by atoms with Crippen LogP contribution in [0, 0.1) is 11.8 Å². The number of nitrogens with zero attached hydrogens (tertiary/aromatic N) is 2. The number of aliphatic carboxylic acids is 1. The molecule has 1 aliphatic rings. The van der Waals surface area contributed by atoms with Crippen molar-refractivity contribution in [3.63, 3.8) is 0 Å². The van der Waals surface area contributed by atoms with E-state index in [0.29, 0.717) is 18.3 Å². The zero-order valence-electron chi connectivity index (χ0n) is 12.0. The molecule has 0 aliphatic carbocycles. The highest BCUT2D eigenvalue weighted by Gasteiger charge is 2.55. The monoisotopic (exact) mass is 392 g/mol. The lowest BCUT2D eigenvalue weighted by atomic mass is 9.96. The number of carboxylic acid groups (broad SMARTS) is 1. The van der Waals surface area contributed by atoms with Gasteiger partial charge in [-0.1, -0.05) is 0 Å². The van der Waals surface area contributed by atoms with E-state index in [1.807, 2.05) is 0 Å². The predicted molar refractivity (Wildman–Crippen MR) is 68.7 cm³/mol. The van der Waals surface area contributed by atoms with Crippen LogP contribution < -0.4 is 0 Å². The Balaban J connectivity index is 2.33. The molecule has 0 unspecified atom stereocenters. The molecule has 0 radical (unpaired) electrons.